The molecule has 0 heterocycles. The van der Waals surface area contributed by atoms with E-state index in [1.807, 2.05) is 0 Å². The van der Waals surface area contributed by atoms with Gasteiger partial charge in [0.2, 0.25) is 0 Å². The summed E-state index contributed by atoms with van der Waals surface area (Å²) in [4.78, 5) is 25.0. The number of hydrazone groups is 1. The molecule has 11 heteroatoms. The third kappa shape index (κ3) is 7.93. The lowest BCUT2D eigenvalue weighted by Crippen LogP contribution is -2.39. The van der Waals surface area contributed by atoms with Crippen LogP contribution in [0.25, 0.3) is 0 Å². The van der Waals surface area contributed by atoms with Crippen LogP contribution < -0.4 is 24.5 Å². The lowest BCUT2D eigenvalue weighted by atomic mass is 10.2. The number of rotatable bonds is 12. The Kier molecular flexibility index (Phi) is 9.68. The lowest BCUT2D eigenvalue weighted by molar-refractivity contribution is -0.119. The maximum absolute atomic E-state index is 13.3. The fourth-order valence-corrected chi connectivity index (χ4v) is 5.15. The van der Waals surface area contributed by atoms with Crippen molar-refractivity contribution in [1.29, 1.82) is 0 Å². The summed E-state index contributed by atoms with van der Waals surface area (Å²) < 4.78 is 38.3. The average Bonchev–Trinajstić information content (AvgIpc) is 3.00. The molecule has 0 saturated heterocycles. The molecule has 0 aliphatic heterocycles. The summed E-state index contributed by atoms with van der Waals surface area (Å²) >= 11 is 0. The Morgan fingerprint density at radius 2 is 1.46 bits per heavy atom. The van der Waals surface area contributed by atoms with Crippen molar-refractivity contribution < 1.29 is 27.5 Å². The first kappa shape index (κ1) is 28.8. The summed E-state index contributed by atoms with van der Waals surface area (Å²) in [5.74, 6) is 0.0421. The van der Waals surface area contributed by atoms with Crippen LogP contribution in [-0.2, 0) is 19.6 Å². The third-order valence-corrected chi connectivity index (χ3v) is 7.48. The van der Waals surface area contributed by atoms with Crippen molar-refractivity contribution in [3.63, 3.8) is 0 Å². The number of benzene rings is 4. The van der Waals surface area contributed by atoms with Gasteiger partial charge in [0.1, 0.15) is 18.0 Å². The van der Waals surface area contributed by atoms with Gasteiger partial charge in [-0.05, 0) is 66.2 Å². The fraction of sp³-hybridized carbons (Fsp3) is 0.100. The van der Waals surface area contributed by atoms with Gasteiger partial charge in [-0.3, -0.25) is 13.9 Å². The number of hydrogen-bond acceptors (Lipinski definition) is 7. The van der Waals surface area contributed by atoms with E-state index >= 15 is 0 Å². The van der Waals surface area contributed by atoms with Gasteiger partial charge in [0.15, 0.2) is 6.61 Å². The van der Waals surface area contributed by atoms with Crippen molar-refractivity contribution in [3.05, 3.63) is 115 Å². The first-order chi connectivity index (χ1) is 19.9. The van der Waals surface area contributed by atoms with E-state index in [2.05, 4.69) is 15.8 Å². The van der Waals surface area contributed by atoms with Gasteiger partial charge in [-0.1, -0.05) is 48.5 Å². The van der Waals surface area contributed by atoms with E-state index in [9.17, 15) is 18.0 Å². The maximum Gasteiger partial charge on any atom is 0.264 e. The quantitative estimate of drug-likeness (QED) is 0.195. The Labute approximate surface area is 238 Å². The molecule has 4 aromatic carbocycles. The molecule has 4 rings (SSSR count). The van der Waals surface area contributed by atoms with Crippen LogP contribution >= 0.6 is 0 Å². The number of anilines is 2. The second-order valence-corrected chi connectivity index (χ2v) is 10.4. The molecule has 210 valence electrons. The Bertz CT molecular complexity index is 1600. The van der Waals surface area contributed by atoms with Gasteiger partial charge in [0, 0.05) is 0 Å². The monoisotopic (exact) mass is 572 g/mol. The van der Waals surface area contributed by atoms with E-state index in [1.54, 1.807) is 97.1 Å². The predicted molar refractivity (Wildman–Crippen MR) is 157 cm³/mol. The van der Waals surface area contributed by atoms with Gasteiger partial charge < -0.3 is 14.8 Å². The highest BCUT2D eigenvalue weighted by Crippen LogP contribution is 2.24. The molecule has 0 radical (unpaired) electrons. The molecule has 41 heavy (non-hydrogen) atoms. The Balaban J connectivity index is 1.32. The van der Waals surface area contributed by atoms with Crippen LogP contribution in [0, 0.1) is 0 Å². The average molecular weight is 573 g/mol. The van der Waals surface area contributed by atoms with Crippen LogP contribution in [0.4, 0.5) is 11.4 Å². The number of carbonyl (C=O) groups is 2. The van der Waals surface area contributed by atoms with Crippen LogP contribution in [0.2, 0.25) is 0 Å². The molecule has 0 aliphatic rings. The zero-order chi connectivity index (χ0) is 29.1. The van der Waals surface area contributed by atoms with Crippen LogP contribution in [0.15, 0.2) is 119 Å². The molecular formula is C30H28N4O6S. The van der Waals surface area contributed by atoms with Crippen molar-refractivity contribution >= 4 is 39.4 Å². The van der Waals surface area contributed by atoms with E-state index in [0.29, 0.717) is 28.4 Å². The van der Waals surface area contributed by atoms with E-state index in [1.165, 1.54) is 25.5 Å². The molecule has 2 N–H and O–H groups in total. The normalized spacial score (nSPS) is 11.0. The molecular weight excluding hydrogens is 544 g/mol. The zero-order valence-corrected chi connectivity index (χ0v) is 23.0. The van der Waals surface area contributed by atoms with E-state index in [4.69, 9.17) is 9.47 Å². The minimum absolute atomic E-state index is 0.0692. The molecule has 4 aromatic rings. The second kappa shape index (κ2) is 13.8. The van der Waals surface area contributed by atoms with Gasteiger partial charge in [-0.25, -0.2) is 13.8 Å². The molecule has 2 amide bonds. The van der Waals surface area contributed by atoms with Crippen LogP contribution in [0.3, 0.4) is 0 Å². The first-order valence-electron chi connectivity index (χ1n) is 12.5. The standard InChI is InChI=1S/C30H28N4O6S/c1-39-28-15-9-8-14-27(28)32-30(36)22-40-25-18-16-23(17-19-25)20-31-33-29(35)21-34(24-10-4-2-5-11-24)41(37,38)26-12-6-3-7-13-26/h2-20H,21-22H2,1H3,(H,32,36)(H,33,35)/b31-20-. The Morgan fingerprint density at radius 3 is 2.15 bits per heavy atom. The number of hydrogen-bond donors (Lipinski definition) is 2. The summed E-state index contributed by atoms with van der Waals surface area (Å²) in [5, 5.41) is 6.68. The topological polar surface area (TPSA) is 126 Å². The molecule has 0 aliphatic carbocycles. The number of amides is 2. The van der Waals surface area contributed by atoms with E-state index in [0.717, 1.165) is 4.31 Å². The molecule has 0 spiro atoms. The SMILES string of the molecule is COc1ccccc1NC(=O)COc1ccc(/C=N\NC(=O)CN(c2ccccc2)S(=O)(=O)c2ccccc2)cc1. The molecule has 0 atom stereocenters. The number of nitrogens with zero attached hydrogens (tertiary/aromatic N) is 2. The van der Waals surface area contributed by atoms with Crippen LogP contribution in [0.5, 0.6) is 11.5 Å². The van der Waals surface area contributed by atoms with Gasteiger partial charge in [0.25, 0.3) is 21.8 Å². The number of ether oxygens (including phenoxy) is 2. The van der Waals surface area contributed by atoms with Gasteiger partial charge >= 0.3 is 0 Å². The minimum Gasteiger partial charge on any atom is -0.495 e. The number of para-hydroxylation sites is 3. The highest BCUT2D eigenvalue weighted by Gasteiger charge is 2.26. The van der Waals surface area contributed by atoms with Crippen molar-refractivity contribution in [3.8, 4) is 11.5 Å². The van der Waals surface area contributed by atoms with Crippen molar-refractivity contribution in [2.75, 3.05) is 29.9 Å². The van der Waals surface area contributed by atoms with Crippen LogP contribution in [-0.4, -0.2) is 46.7 Å². The minimum atomic E-state index is -3.99. The third-order valence-electron chi connectivity index (χ3n) is 5.70. The highest BCUT2D eigenvalue weighted by molar-refractivity contribution is 7.92. The van der Waals surface area contributed by atoms with Crippen molar-refractivity contribution in [2.45, 2.75) is 4.90 Å². The van der Waals surface area contributed by atoms with E-state index in [-0.39, 0.29) is 17.4 Å². The number of nitrogens with one attached hydrogen (secondary N) is 2. The zero-order valence-electron chi connectivity index (χ0n) is 22.1. The Hall–Kier alpha value is -5.16. The van der Waals surface area contributed by atoms with Gasteiger partial charge in [-0.2, -0.15) is 5.10 Å². The second-order valence-electron chi connectivity index (χ2n) is 8.56. The predicted octanol–water partition coefficient (Wildman–Crippen LogP) is 4.06. The molecule has 0 fully saturated rings. The van der Waals surface area contributed by atoms with Gasteiger partial charge in [-0.15, -0.1) is 0 Å². The van der Waals surface area contributed by atoms with Crippen LogP contribution in [0.1, 0.15) is 5.56 Å². The number of carbonyl (C=O) groups excluding carboxylic acids is 2. The van der Waals surface area contributed by atoms with E-state index < -0.39 is 22.5 Å². The molecule has 0 saturated carbocycles. The summed E-state index contributed by atoms with van der Waals surface area (Å²) in [6.07, 6.45) is 1.41. The van der Waals surface area contributed by atoms with Gasteiger partial charge in [0.05, 0.1) is 29.6 Å². The smallest absolute Gasteiger partial charge is 0.264 e. The number of methoxy groups -OCH3 is 1. The summed E-state index contributed by atoms with van der Waals surface area (Å²) in [7, 11) is -2.47. The van der Waals surface area contributed by atoms with Crippen molar-refractivity contribution in [1.82, 2.24) is 5.43 Å². The summed E-state index contributed by atoms with van der Waals surface area (Å²) in [6.45, 7) is -0.673. The van der Waals surface area contributed by atoms with Crippen molar-refractivity contribution in [2.24, 2.45) is 5.10 Å². The molecule has 0 unspecified atom stereocenters. The maximum atomic E-state index is 13.3. The number of sulfonamides is 1. The highest BCUT2D eigenvalue weighted by atomic mass is 32.2. The first-order valence-corrected chi connectivity index (χ1v) is 13.9. The lowest BCUT2D eigenvalue weighted by Gasteiger charge is -2.23. The molecule has 0 aromatic heterocycles. The Morgan fingerprint density at radius 1 is 0.829 bits per heavy atom. The molecule has 10 nitrogen and oxygen atoms in total. The summed E-state index contributed by atoms with van der Waals surface area (Å²) in [5.41, 5.74) is 3.91. The fourth-order valence-electron chi connectivity index (χ4n) is 3.71. The largest absolute Gasteiger partial charge is 0.495 e. The summed E-state index contributed by atoms with van der Waals surface area (Å²) in [6, 6.07) is 30.0. The molecule has 0 bridgehead atoms.